The van der Waals surface area contributed by atoms with Gasteiger partial charge in [-0.1, -0.05) is 0 Å². The van der Waals surface area contributed by atoms with Gasteiger partial charge in [0.15, 0.2) is 6.61 Å². The Bertz CT molecular complexity index is 959. The molecule has 3 rings (SSSR count). The molecule has 0 bridgehead atoms. The fourth-order valence-corrected chi connectivity index (χ4v) is 4.26. The molecule has 0 aliphatic carbocycles. The van der Waals surface area contributed by atoms with E-state index in [0.717, 1.165) is 16.4 Å². The molecule has 1 amide bonds. The number of rotatable bonds is 5. The van der Waals surface area contributed by atoms with Crippen molar-refractivity contribution in [2.75, 3.05) is 32.8 Å². The SMILES string of the molecule is O=C(COc1ccc(F)cc1)N1CCN(S(=O)(=O)c2cc(F)ccc2F)CC1. The molecule has 28 heavy (non-hydrogen) atoms. The molecule has 0 unspecified atom stereocenters. The number of carbonyl (C=O) groups is 1. The molecule has 2 aromatic rings. The van der Waals surface area contributed by atoms with E-state index in [1.807, 2.05) is 0 Å². The van der Waals surface area contributed by atoms with Crippen LogP contribution in [0.1, 0.15) is 0 Å². The van der Waals surface area contributed by atoms with E-state index in [-0.39, 0.29) is 38.7 Å². The van der Waals surface area contributed by atoms with E-state index in [1.165, 1.54) is 29.2 Å². The number of carbonyl (C=O) groups excluding carboxylic acids is 1. The first-order valence-electron chi connectivity index (χ1n) is 8.39. The predicted octanol–water partition coefficient (Wildman–Crippen LogP) is 2.02. The summed E-state index contributed by atoms with van der Waals surface area (Å²) in [5.74, 6) is -2.35. The quantitative estimate of drug-likeness (QED) is 0.751. The monoisotopic (exact) mass is 414 g/mol. The van der Waals surface area contributed by atoms with Crippen LogP contribution in [0, 0.1) is 17.5 Å². The van der Waals surface area contributed by atoms with Crippen molar-refractivity contribution in [1.82, 2.24) is 9.21 Å². The van der Waals surface area contributed by atoms with Crippen molar-refractivity contribution < 1.29 is 31.1 Å². The normalized spacial score (nSPS) is 15.5. The molecular weight excluding hydrogens is 397 g/mol. The molecule has 0 aromatic heterocycles. The topological polar surface area (TPSA) is 66.9 Å². The minimum absolute atomic E-state index is 0.0550. The van der Waals surface area contributed by atoms with Crippen LogP contribution in [0.25, 0.3) is 0 Å². The second-order valence-electron chi connectivity index (χ2n) is 6.10. The lowest BCUT2D eigenvalue weighted by molar-refractivity contribution is -0.134. The van der Waals surface area contributed by atoms with Crippen LogP contribution in [0.15, 0.2) is 47.4 Å². The van der Waals surface area contributed by atoms with Gasteiger partial charge in [-0.2, -0.15) is 4.31 Å². The van der Waals surface area contributed by atoms with Gasteiger partial charge in [-0.15, -0.1) is 0 Å². The Labute approximate surface area is 160 Å². The Hall–Kier alpha value is -2.59. The van der Waals surface area contributed by atoms with Crippen molar-refractivity contribution in [3.05, 3.63) is 59.9 Å². The van der Waals surface area contributed by atoms with Gasteiger partial charge in [-0.05, 0) is 42.5 Å². The van der Waals surface area contributed by atoms with E-state index in [0.29, 0.717) is 11.8 Å². The largest absolute Gasteiger partial charge is 0.484 e. The van der Waals surface area contributed by atoms with Crippen LogP contribution in [0.2, 0.25) is 0 Å². The van der Waals surface area contributed by atoms with Gasteiger partial charge < -0.3 is 9.64 Å². The summed E-state index contributed by atoms with van der Waals surface area (Å²) < 4.78 is 71.4. The first-order chi connectivity index (χ1) is 13.3. The van der Waals surface area contributed by atoms with Crippen LogP contribution < -0.4 is 4.74 Å². The molecule has 6 nitrogen and oxygen atoms in total. The minimum Gasteiger partial charge on any atom is -0.484 e. The highest BCUT2D eigenvalue weighted by atomic mass is 32.2. The summed E-state index contributed by atoms with van der Waals surface area (Å²) >= 11 is 0. The maximum atomic E-state index is 13.8. The van der Waals surface area contributed by atoms with E-state index in [2.05, 4.69) is 0 Å². The Kier molecular flexibility index (Phi) is 5.90. The summed E-state index contributed by atoms with van der Waals surface area (Å²) in [4.78, 5) is 12.9. The van der Waals surface area contributed by atoms with Crippen molar-refractivity contribution in [3.63, 3.8) is 0 Å². The van der Waals surface area contributed by atoms with E-state index in [9.17, 15) is 26.4 Å². The van der Waals surface area contributed by atoms with Crippen LogP contribution in [-0.2, 0) is 14.8 Å². The average Bonchev–Trinajstić information content (AvgIpc) is 2.69. The summed E-state index contributed by atoms with van der Waals surface area (Å²) in [5, 5.41) is 0. The number of halogens is 3. The minimum atomic E-state index is -4.21. The van der Waals surface area contributed by atoms with Gasteiger partial charge >= 0.3 is 0 Å². The Morgan fingerprint density at radius 1 is 0.929 bits per heavy atom. The fraction of sp³-hybridized carbons (Fsp3) is 0.278. The molecule has 1 saturated heterocycles. The van der Waals surface area contributed by atoms with E-state index < -0.39 is 32.4 Å². The van der Waals surface area contributed by atoms with Crippen molar-refractivity contribution in [2.45, 2.75) is 4.90 Å². The number of ether oxygens (including phenoxy) is 1. The number of hydrogen-bond acceptors (Lipinski definition) is 4. The Morgan fingerprint density at radius 3 is 2.18 bits per heavy atom. The van der Waals surface area contributed by atoms with Crippen molar-refractivity contribution in [2.24, 2.45) is 0 Å². The van der Waals surface area contributed by atoms with Gasteiger partial charge in [0, 0.05) is 26.2 Å². The molecule has 0 radical (unpaired) electrons. The van der Waals surface area contributed by atoms with E-state index in [4.69, 9.17) is 4.74 Å². The molecule has 1 fully saturated rings. The number of amides is 1. The number of hydrogen-bond donors (Lipinski definition) is 0. The van der Waals surface area contributed by atoms with E-state index >= 15 is 0 Å². The maximum Gasteiger partial charge on any atom is 0.260 e. The van der Waals surface area contributed by atoms with Gasteiger partial charge in [-0.3, -0.25) is 4.79 Å². The summed E-state index contributed by atoms with van der Waals surface area (Å²) in [6.07, 6.45) is 0. The smallest absolute Gasteiger partial charge is 0.260 e. The van der Waals surface area contributed by atoms with Gasteiger partial charge in [0.25, 0.3) is 5.91 Å². The van der Waals surface area contributed by atoms with Crippen molar-refractivity contribution in [3.8, 4) is 5.75 Å². The standard InChI is InChI=1S/C18H17F3N2O4S/c19-13-1-4-15(5-2-13)27-12-18(24)22-7-9-23(10-8-22)28(25,26)17-11-14(20)3-6-16(17)21/h1-6,11H,7-10,12H2. The first-order valence-corrected chi connectivity index (χ1v) is 9.83. The molecule has 150 valence electrons. The third-order valence-electron chi connectivity index (χ3n) is 4.28. The van der Waals surface area contributed by atoms with Gasteiger partial charge in [0.1, 0.15) is 28.1 Å². The molecular formula is C18H17F3N2O4S. The Morgan fingerprint density at radius 2 is 1.54 bits per heavy atom. The lowest BCUT2D eigenvalue weighted by Gasteiger charge is -2.34. The molecule has 1 heterocycles. The molecule has 0 N–H and O–H groups in total. The number of sulfonamides is 1. The summed E-state index contributed by atoms with van der Waals surface area (Å²) in [6, 6.07) is 7.42. The fourth-order valence-electron chi connectivity index (χ4n) is 2.76. The van der Waals surface area contributed by atoms with Gasteiger partial charge in [0.05, 0.1) is 0 Å². The zero-order chi connectivity index (χ0) is 20.3. The van der Waals surface area contributed by atoms with Crippen LogP contribution in [0.5, 0.6) is 5.75 Å². The van der Waals surface area contributed by atoms with E-state index in [1.54, 1.807) is 0 Å². The van der Waals surface area contributed by atoms with Crippen molar-refractivity contribution >= 4 is 15.9 Å². The number of nitrogens with zero attached hydrogens (tertiary/aromatic N) is 2. The van der Waals surface area contributed by atoms with Gasteiger partial charge in [0.2, 0.25) is 10.0 Å². The first kappa shape index (κ1) is 20.2. The summed E-state index contributed by atoms with van der Waals surface area (Å²) in [7, 11) is -4.21. The van der Waals surface area contributed by atoms with Crippen LogP contribution in [0.3, 0.4) is 0 Å². The molecule has 1 aliphatic rings. The highest BCUT2D eigenvalue weighted by Gasteiger charge is 2.32. The van der Waals surface area contributed by atoms with Crippen LogP contribution in [0.4, 0.5) is 13.2 Å². The number of benzene rings is 2. The number of piperazine rings is 1. The van der Waals surface area contributed by atoms with Gasteiger partial charge in [-0.25, -0.2) is 21.6 Å². The second kappa shape index (κ2) is 8.19. The Balaban J connectivity index is 1.58. The zero-order valence-corrected chi connectivity index (χ0v) is 15.5. The van der Waals surface area contributed by atoms with Crippen LogP contribution >= 0.6 is 0 Å². The second-order valence-corrected chi connectivity index (χ2v) is 8.01. The van der Waals surface area contributed by atoms with Crippen LogP contribution in [-0.4, -0.2) is 56.3 Å². The third-order valence-corrected chi connectivity index (χ3v) is 6.19. The maximum absolute atomic E-state index is 13.8. The third kappa shape index (κ3) is 4.45. The highest BCUT2D eigenvalue weighted by molar-refractivity contribution is 7.89. The molecule has 10 heteroatoms. The summed E-state index contributed by atoms with van der Waals surface area (Å²) in [5.41, 5.74) is 0. The lowest BCUT2D eigenvalue weighted by Crippen LogP contribution is -2.51. The lowest BCUT2D eigenvalue weighted by atomic mass is 10.3. The molecule has 0 atom stereocenters. The predicted molar refractivity (Wildman–Crippen MR) is 93.6 cm³/mol. The molecule has 0 saturated carbocycles. The summed E-state index contributed by atoms with van der Waals surface area (Å²) in [6.45, 7) is -0.221. The highest BCUT2D eigenvalue weighted by Crippen LogP contribution is 2.22. The molecule has 2 aromatic carbocycles. The van der Waals surface area contributed by atoms with Crippen molar-refractivity contribution in [1.29, 1.82) is 0 Å². The average molecular weight is 414 g/mol. The zero-order valence-electron chi connectivity index (χ0n) is 14.6. The molecule has 1 aliphatic heterocycles. The molecule has 0 spiro atoms.